The predicted octanol–water partition coefficient (Wildman–Crippen LogP) is 3.78. The van der Waals surface area contributed by atoms with Gasteiger partial charge in [0, 0.05) is 44.3 Å². The maximum atomic E-state index is 13.0. The number of rotatable bonds is 6. The van der Waals surface area contributed by atoms with Crippen molar-refractivity contribution in [1.29, 1.82) is 0 Å². The Morgan fingerprint density at radius 2 is 1.54 bits per heavy atom. The standard InChI is InChI=1S/C31H36BN3O6/c1-31(2,3)41-29(36)33-23-17-21(16-22(18-23)32(38)39)19-34-12-14-35(15-13-34)30(37)40-20-28-26-10-6-4-8-24(26)25-9-5-7-11-27(25)28/h4-11,16-18,28,38-39H,12-15,19-20H2,1-3H3,(H,33,36). The van der Waals surface area contributed by atoms with Crippen LogP contribution in [-0.4, -0.2) is 77.5 Å². The third-order valence-electron chi connectivity index (χ3n) is 7.33. The fourth-order valence-corrected chi connectivity index (χ4v) is 5.48. The van der Waals surface area contributed by atoms with Gasteiger partial charge in [0.05, 0.1) is 0 Å². The Morgan fingerprint density at radius 1 is 0.927 bits per heavy atom. The molecular formula is C31H36BN3O6. The molecule has 0 radical (unpaired) electrons. The average molecular weight is 557 g/mol. The molecule has 0 bridgehead atoms. The average Bonchev–Trinajstić information content (AvgIpc) is 3.24. The van der Waals surface area contributed by atoms with Gasteiger partial charge >= 0.3 is 19.3 Å². The van der Waals surface area contributed by atoms with Crippen molar-refractivity contribution < 1.29 is 29.1 Å². The molecule has 2 aliphatic rings. The van der Waals surface area contributed by atoms with Crippen LogP contribution in [0.15, 0.2) is 66.7 Å². The molecule has 3 aromatic rings. The fraction of sp³-hybridized carbons (Fsp3) is 0.355. The lowest BCUT2D eigenvalue weighted by Gasteiger charge is -2.34. The lowest BCUT2D eigenvalue weighted by atomic mass is 9.79. The molecule has 2 amide bonds. The molecule has 0 saturated carbocycles. The molecule has 1 fully saturated rings. The lowest BCUT2D eigenvalue weighted by molar-refractivity contribution is 0.0635. The summed E-state index contributed by atoms with van der Waals surface area (Å²) < 4.78 is 11.1. The third kappa shape index (κ3) is 6.90. The summed E-state index contributed by atoms with van der Waals surface area (Å²) in [5.74, 6) is 0.0188. The maximum absolute atomic E-state index is 13.0. The number of nitrogens with zero attached hydrogens (tertiary/aromatic N) is 2. The van der Waals surface area contributed by atoms with Crippen LogP contribution in [-0.2, 0) is 16.0 Å². The first kappa shape index (κ1) is 28.7. The highest BCUT2D eigenvalue weighted by atomic mass is 16.6. The van der Waals surface area contributed by atoms with Gasteiger partial charge in [-0.25, -0.2) is 9.59 Å². The van der Waals surface area contributed by atoms with E-state index >= 15 is 0 Å². The molecule has 41 heavy (non-hydrogen) atoms. The normalized spacial score (nSPS) is 15.2. The summed E-state index contributed by atoms with van der Waals surface area (Å²) in [4.78, 5) is 29.1. The molecule has 1 aliphatic heterocycles. The van der Waals surface area contributed by atoms with E-state index < -0.39 is 18.8 Å². The topological polar surface area (TPSA) is 112 Å². The summed E-state index contributed by atoms with van der Waals surface area (Å²) in [7, 11) is -1.68. The van der Waals surface area contributed by atoms with Gasteiger partial charge in [-0.1, -0.05) is 54.6 Å². The van der Waals surface area contributed by atoms with Gasteiger partial charge in [0.15, 0.2) is 0 Å². The van der Waals surface area contributed by atoms with E-state index in [9.17, 15) is 19.6 Å². The molecule has 1 saturated heterocycles. The number of hydrogen-bond acceptors (Lipinski definition) is 7. The summed E-state index contributed by atoms with van der Waals surface area (Å²) in [5, 5.41) is 22.2. The van der Waals surface area contributed by atoms with E-state index in [2.05, 4.69) is 34.5 Å². The number of benzene rings is 3. The molecule has 1 aliphatic carbocycles. The SMILES string of the molecule is CC(C)(C)OC(=O)Nc1cc(CN2CCN(C(=O)OCC3c4ccccc4-c4ccccc43)CC2)cc(B(O)O)c1. The molecule has 214 valence electrons. The molecule has 0 aromatic heterocycles. The van der Waals surface area contributed by atoms with Crippen molar-refractivity contribution in [3.05, 3.63) is 83.4 Å². The van der Waals surface area contributed by atoms with Crippen molar-refractivity contribution >= 4 is 30.5 Å². The first-order valence-electron chi connectivity index (χ1n) is 13.9. The molecule has 0 unspecified atom stereocenters. The van der Waals surface area contributed by atoms with E-state index in [0.717, 1.165) is 5.56 Å². The van der Waals surface area contributed by atoms with Crippen molar-refractivity contribution in [2.75, 3.05) is 38.1 Å². The van der Waals surface area contributed by atoms with Crippen LogP contribution in [0.3, 0.4) is 0 Å². The van der Waals surface area contributed by atoms with Crippen LogP contribution in [0.2, 0.25) is 0 Å². The van der Waals surface area contributed by atoms with Crippen molar-refractivity contribution in [1.82, 2.24) is 9.80 Å². The van der Waals surface area contributed by atoms with Crippen LogP contribution in [0.1, 0.15) is 43.4 Å². The molecule has 10 heteroatoms. The monoisotopic (exact) mass is 557 g/mol. The molecule has 9 nitrogen and oxygen atoms in total. The Kier molecular flexibility index (Phi) is 8.35. The number of nitrogens with one attached hydrogen (secondary N) is 1. The van der Waals surface area contributed by atoms with E-state index in [-0.39, 0.29) is 24.1 Å². The number of anilines is 1. The van der Waals surface area contributed by atoms with Crippen molar-refractivity contribution in [3.8, 4) is 11.1 Å². The van der Waals surface area contributed by atoms with Crippen LogP contribution < -0.4 is 10.8 Å². The predicted molar refractivity (Wildman–Crippen MR) is 158 cm³/mol. The number of carbonyl (C=O) groups is 2. The minimum absolute atomic E-state index is 0.0188. The molecule has 1 heterocycles. The van der Waals surface area contributed by atoms with Crippen molar-refractivity contribution in [2.45, 2.75) is 38.8 Å². The second-order valence-electron chi connectivity index (χ2n) is 11.5. The first-order chi connectivity index (χ1) is 19.6. The smallest absolute Gasteiger partial charge is 0.448 e. The molecule has 3 aromatic carbocycles. The van der Waals surface area contributed by atoms with E-state index in [4.69, 9.17) is 9.47 Å². The summed E-state index contributed by atoms with van der Waals surface area (Å²) in [5.41, 5.74) is 5.58. The zero-order valence-electron chi connectivity index (χ0n) is 23.7. The summed E-state index contributed by atoms with van der Waals surface area (Å²) in [6.45, 7) is 8.41. The minimum atomic E-state index is -1.68. The second kappa shape index (κ2) is 11.9. The third-order valence-corrected chi connectivity index (χ3v) is 7.33. The Balaban J connectivity index is 1.16. The Bertz CT molecular complexity index is 1370. The molecule has 0 spiro atoms. The summed E-state index contributed by atoms with van der Waals surface area (Å²) >= 11 is 0. The fourth-order valence-electron chi connectivity index (χ4n) is 5.48. The van der Waals surface area contributed by atoms with Crippen LogP contribution in [0.25, 0.3) is 11.1 Å². The number of carbonyl (C=O) groups excluding carboxylic acids is 2. The van der Waals surface area contributed by atoms with Gasteiger partial charge in [-0.3, -0.25) is 10.2 Å². The number of hydrogen-bond donors (Lipinski definition) is 3. The van der Waals surface area contributed by atoms with Crippen LogP contribution >= 0.6 is 0 Å². The molecular weight excluding hydrogens is 521 g/mol. The Labute approximate surface area is 240 Å². The van der Waals surface area contributed by atoms with E-state index in [1.807, 2.05) is 24.3 Å². The van der Waals surface area contributed by atoms with Crippen LogP contribution in [0.4, 0.5) is 15.3 Å². The van der Waals surface area contributed by atoms with Gasteiger partial charge in [0.25, 0.3) is 0 Å². The highest BCUT2D eigenvalue weighted by Gasteiger charge is 2.30. The van der Waals surface area contributed by atoms with Crippen molar-refractivity contribution in [3.63, 3.8) is 0 Å². The number of amides is 2. The molecule has 0 atom stereocenters. The van der Waals surface area contributed by atoms with Gasteiger partial charge in [-0.15, -0.1) is 0 Å². The van der Waals surface area contributed by atoms with E-state index in [1.54, 1.807) is 37.8 Å². The lowest BCUT2D eigenvalue weighted by Crippen LogP contribution is -2.48. The second-order valence-corrected chi connectivity index (χ2v) is 11.5. The first-order valence-corrected chi connectivity index (χ1v) is 13.9. The van der Waals surface area contributed by atoms with Crippen LogP contribution in [0.5, 0.6) is 0 Å². The van der Waals surface area contributed by atoms with E-state index in [1.165, 1.54) is 28.3 Å². The van der Waals surface area contributed by atoms with Gasteiger partial charge in [0.1, 0.15) is 12.2 Å². The minimum Gasteiger partial charge on any atom is -0.448 e. The highest BCUT2D eigenvalue weighted by Crippen LogP contribution is 2.44. The zero-order valence-corrected chi connectivity index (χ0v) is 23.7. The molecule has 3 N–H and O–H groups in total. The highest BCUT2D eigenvalue weighted by molar-refractivity contribution is 6.58. The summed E-state index contributed by atoms with van der Waals surface area (Å²) in [6.07, 6.45) is -0.939. The van der Waals surface area contributed by atoms with Crippen LogP contribution in [0, 0.1) is 0 Å². The summed E-state index contributed by atoms with van der Waals surface area (Å²) in [6, 6.07) is 21.5. The maximum Gasteiger partial charge on any atom is 0.488 e. The number of ether oxygens (including phenoxy) is 2. The largest absolute Gasteiger partial charge is 0.488 e. The van der Waals surface area contributed by atoms with Gasteiger partial charge in [-0.2, -0.15) is 0 Å². The number of piperazine rings is 1. The van der Waals surface area contributed by atoms with Gasteiger partial charge < -0.3 is 24.4 Å². The Morgan fingerprint density at radius 3 is 2.12 bits per heavy atom. The van der Waals surface area contributed by atoms with Gasteiger partial charge in [0.2, 0.25) is 0 Å². The number of fused-ring (bicyclic) bond motifs is 3. The van der Waals surface area contributed by atoms with Crippen molar-refractivity contribution in [2.24, 2.45) is 0 Å². The Hall–Kier alpha value is -3.86. The zero-order chi connectivity index (χ0) is 29.1. The van der Waals surface area contributed by atoms with Gasteiger partial charge in [-0.05, 0) is 66.2 Å². The van der Waals surface area contributed by atoms with E-state index in [0.29, 0.717) is 38.4 Å². The quantitative estimate of drug-likeness (QED) is 0.396. The molecule has 5 rings (SSSR count).